The SMILES string of the molecule is CCCn1c(COc2ccc3ccccc3c2C=O)nc2cc(S(=O)(=O)N(C)C)ccc21. The largest absolute Gasteiger partial charge is 0.485 e. The average Bonchev–Trinajstić information content (AvgIpc) is 3.14. The van der Waals surface area contributed by atoms with E-state index >= 15 is 0 Å². The molecule has 0 bridgehead atoms. The van der Waals surface area contributed by atoms with E-state index in [2.05, 4.69) is 11.9 Å². The number of carbonyl (C=O) groups is 1. The molecule has 3 aromatic carbocycles. The molecule has 4 aromatic rings. The second kappa shape index (κ2) is 8.72. The van der Waals surface area contributed by atoms with E-state index in [0.717, 1.165) is 29.0 Å². The zero-order valence-corrected chi connectivity index (χ0v) is 19.1. The van der Waals surface area contributed by atoms with Crippen LogP contribution in [0.5, 0.6) is 5.75 Å². The number of sulfonamides is 1. The van der Waals surface area contributed by atoms with Gasteiger partial charge in [0.2, 0.25) is 10.0 Å². The summed E-state index contributed by atoms with van der Waals surface area (Å²) in [5.74, 6) is 1.16. The summed E-state index contributed by atoms with van der Waals surface area (Å²) in [6, 6.07) is 16.3. The normalized spacial score (nSPS) is 12.0. The lowest BCUT2D eigenvalue weighted by Crippen LogP contribution is -2.22. The molecule has 32 heavy (non-hydrogen) atoms. The lowest BCUT2D eigenvalue weighted by Gasteiger charge is -2.12. The van der Waals surface area contributed by atoms with E-state index < -0.39 is 10.0 Å². The van der Waals surface area contributed by atoms with Crippen LogP contribution in [-0.2, 0) is 23.2 Å². The molecule has 0 atom stereocenters. The first kappa shape index (κ1) is 22.0. The third kappa shape index (κ3) is 3.87. The fourth-order valence-electron chi connectivity index (χ4n) is 3.78. The highest BCUT2D eigenvalue weighted by molar-refractivity contribution is 7.89. The Labute approximate surface area is 187 Å². The van der Waals surface area contributed by atoms with Crippen molar-refractivity contribution in [1.29, 1.82) is 0 Å². The van der Waals surface area contributed by atoms with Crippen molar-refractivity contribution >= 4 is 38.1 Å². The van der Waals surface area contributed by atoms with Gasteiger partial charge in [0.15, 0.2) is 6.29 Å². The molecule has 8 heteroatoms. The van der Waals surface area contributed by atoms with Crippen molar-refractivity contribution in [3.63, 3.8) is 0 Å². The molecule has 0 aliphatic carbocycles. The Kier molecular flexibility index (Phi) is 5.99. The van der Waals surface area contributed by atoms with Gasteiger partial charge in [0.1, 0.15) is 18.2 Å². The maximum absolute atomic E-state index is 12.5. The predicted molar refractivity (Wildman–Crippen MR) is 125 cm³/mol. The van der Waals surface area contributed by atoms with E-state index in [4.69, 9.17) is 4.74 Å². The number of aromatic nitrogens is 2. The van der Waals surface area contributed by atoms with Crippen LogP contribution in [0.2, 0.25) is 0 Å². The molecule has 1 heterocycles. The number of aryl methyl sites for hydroxylation is 1. The van der Waals surface area contributed by atoms with Gasteiger partial charge in [0.25, 0.3) is 0 Å². The Morgan fingerprint density at radius 3 is 2.59 bits per heavy atom. The molecule has 0 saturated carbocycles. The zero-order chi connectivity index (χ0) is 22.9. The van der Waals surface area contributed by atoms with Crippen LogP contribution in [0.3, 0.4) is 0 Å². The van der Waals surface area contributed by atoms with Gasteiger partial charge in [-0.05, 0) is 41.5 Å². The summed E-state index contributed by atoms with van der Waals surface area (Å²) in [5.41, 5.74) is 1.94. The van der Waals surface area contributed by atoms with Gasteiger partial charge in [-0.25, -0.2) is 17.7 Å². The monoisotopic (exact) mass is 451 g/mol. The number of rotatable bonds is 8. The molecular formula is C24H25N3O4S. The second-order valence-electron chi connectivity index (χ2n) is 7.72. The summed E-state index contributed by atoms with van der Waals surface area (Å²) in [7, 11) is -0.550. The summed E-state index contributed by atoms with van der Waals surface area (Å²) < 4.78 is 34.3. The van der Waals surface area contributed by atoms with Crippen molar-refractivity contribution in [2.75, 3.05) is 14.1 Å². The van der Waals surface area contributed by atoms with Crippen molar-refractivity contribution in [2.24, 2.45) is 0 Å². The first-order valence-corrected chi connectivity index (χ1v) is 11.8. The topological polar surface area (TPSA) is 81.5 Å². The van der Waals surface area contributed by atoms with E-state index in [9.17, 15) is 13.2 Å². The molecule has 7 nitrogen and oxygen atoms in total. The summed E-state index contributed by atoms with van der Waals surface area (Å²) in [6.45, 7) is 2.94. The number of benzene rings is 3. The summed E-state index contributed by atoms with van der Waals surface area (Å²) in [5, 5.41) is 1.80. The van der Waals surface area contributed by atoms with Crippen LogP contribution in [0.15, 0.2) is 59.5 Å². The van der Waals surface area contributed by atoms with Crippen LogP contribution < -0.4 is 4.74 Å². The van der Waals surface area contributed by atoms with Gasteiger partial charge in [0, 0.05) is 20.6 Å². The summed E-state index contributed by atoms with van der Waals surface area (Å²) in [6.07, 6.45) is 1.69. The van der Waals surface area contributed by atoms with E-state index in [1.54, 1.807) is 24.3 Å². The van der Waals surface area contributed by atoms with Gasteiger partial charge >= 0.3 is 0 Å². The molecule has 0 radical (unpaired) electrons. The van der Waals surface area contributed by atoms with Crippen LogP contribution in [0, 0.1) is 0 Å². The Balaban J connectivity index is 1.72. The van der Waals surface area contributed by atoms with Crippen LogP contribution in [0.4, 0.5) is 0 Å². The number of imidazole rings is 1. The second-order valence-corrected chi connectivity index (χ2v) is 9.87. The average molecular weight is 452 g/mol. The molecule has 0 fully saturated rings. The molecule has 0 saturated heterocycles. The van der Waals surface area contributed by atoms with Crippen molar-refractivity contribution in [3.8, 4) is 5.75 Å². The van der Waals surface area contributed by atoms with Crippen LogP contribution in [0.25, 0.3) is 21.8 Å². The highest BCUT2D eigenvalue weighted by Crippen LogP contribution is 2.28. The van der Waals surface area contributed by atoms with E-state index in [1.165, 1.54) is 18.4 Å². The maximum Gasteiger partial charge on any atom is 0.242 e. The maximum atomic E-state index is 12.5. The lowest BCUT2D eigenvalue weighted by molar-refractivity contribution is 0.112. The molecule has 166 valence electrons. The van der Waals surface area contributed by atoms with Gasteiger partial charge in [-0.2, -0.15) is 0 Å². The highest BCUT2D eigenvalue weighted by atomic mass is 32.2. The minimum Gasteiger partial charge on any atom is -0.485 e. The van der Waals surface area contributed by atoms with E-state index in [0.29, 0.717) is 29.2 Å². The van der Waals surface area contributed by atoms with Crippen molar-refractivity contribution < 1.29 is 17.9 Å². The molecular weight excluding hydrogens is 426 g/mol. The van der Waals surface area contributed by atoms with Crippen LogP contribution in [-0.4, -0.2) is 42.7 Å². The quantitative estimate of drug-likeness (QED) is 0.374. The zero-order valence-electron chi connectivity index (χ0n) is 18.3. The number of hydrogen-bond donors (Lipinski definition) is 0. The standard InChI is InChI=1S/C24H25N3O4S/c1-4-13-27-22-11-10-18(32(29,30)26(2)3)14-21(22)25-24(27)16-31-23-12-9-17-7-5-6-8-19(17)20(23)15-28/h5-12,14-15H,4,13,16H2,1-3H3. The molecule has 4 rings (SSSR count). The molecule has 0 unspecified atom stereocenters. The molecule has 0 N–H and O–H groups in total. The van der Waals surface area contributed by atoms with Gasteiger partial charge < -0.3 is 9.30 Å². The predicted octanol–water partition coefficient (Wildman–Crippen LogP) is 4.24. The van der Waals surface area contributed by atoms with Crippen molar-refractivity contribution in [3.05, 3.63) is 66.0 Å². The van der Waals surface area contributed by atoms with Crippen molar-refractivity contribution in [2.45, 2.75) is 31.4 Å². The highest BCUT2D eigenvalue weighted by Gasteiger charge is 2.20. The van der Waals surface area contributed by atoms with Gasteiger partial charge in [-0.15, -0.1) is 0 Å². The Morgan fingerprint density at radius 2 is 1.88 bits per heavy atom. The first-order valence-electron chi connectivity index (χ1n) is 10.4. The molecule has 0 amide bonds. The number of carbonyl (C=O) groups excluding carboxylic acids is 1. The third-order valence-corrected chi connectivity index (χ3v) is 7.24. The molecule has 0 aliphatic heterocycles. The van der Waals surface area contributed by atoms with Gasteiger partial charge in [-0.1, -0.05) is 37.3 Å². The number of nitrogens with zero attached hydrogens (tertiary/aromatic N) is 3. The number of aldehydes is 1. The smallest absolute Gasteiger partial charge is 0.242 e. The third-order valence-electron chi connectivity index (χ3n) is 5.43. The fraction of sp³-hybridized carbons (Fsp3) is 0.250. The summed E-state index contributed by atoms with van der Waals surface area (Å²) >= 11 is 0. The Bertz CT molecular complexity index is 1410. The Hall–Kier alpha value is -3.23. The number of fused-ring (bicyclic) bond motifs is 2. The minimum absolute atomic E-state index is 0.156. The molecule has 1 aromatic heterocycles. The van der Waals surface area contributed by atoms with Gasteiger partial charge in [0.05, 0.1) is 21.5 Å². The first-order chi connectivity index (χ1) is 15.4. The van der Waals surface area contributed by atoms with Gasteiger partial charge in [-0.3, -0.25) is 4.79 Å². The fourth-order valence-corrected chi connectivity index (χ4v) is 4.70. The number of hydrogen-bond acceptors (Lipinski definition) is 5. The molecule has 0 aliphatic rings. The van der Waals surface area contributed by atoms with Crippen molar-refractivity contribution in [1.82, 2.24) is 13.9 Å². The minimum atomic E-state index is -3.56. The van der Waals surface area contributed by atoms with E-state index in [-0.39, 0.29) is 11.5 Å². The van der Waals surface area contributed by atoms with E-state index in [1.807, 2.05) is 34.9 Å². The van der Waals surface area contributed by atoms with Crippen LogP contribution >= 0.6 is 0 Å². The van der Waals surface area contributed by atoms with Crippen LogP contribution in [0.1, 0.15) is 29.5 Å². The lowest BCUT2D eigenvalue weighted by atomic mass is 10.0. The Morgan fingerprint density at radius 1 is 1.09 bits per heavy atom. The molecule has 0 spiro atoms. The number of ether oxygens (including phenoxy) is 1. The summed E-state index contributed by atoms with van der Waals surface area (Å²) in [4.78, 5) is 16.6.